The Kier molecular flexibility index (Phi) is 6.40. The van der Waals surface area contributed by atoms with Crippen LogP contribution in [0.15, 0.2) is 62.8 Å². The van der Waals surface area contributed by atoms with Crippen LogP contribution in [-0.4, -0.2) is 57.9 Å². The van der Waals surface area contributed by atoms with Crippen molar-refractivity contribution in [2.45, 2.75) is 16.7 Å². The van der Waals surface area contributed by atoms with Crippen molar-refractivity contribution >= 4 is 29.3 Å². The molecule has 3 aromatic rings. The van der Waals surface area contributed by atoms with Gasteiger partial charge < -0.3 is 14.3 Å². The molecule has 0 atom stereocenters. The molecule has 0 radical (unpaired) electrons. The van der Waals surface area contributed by atoms with Crippen LogP contribution in [0.4, 0.5) is 10.1 Å². The van der Waals surface area contributed by atoms with E-state index in [0.29, 0.717) is 15.5 Å². The van der Waals surface area contributed by atoms with E-state index in [-0.39, 0.29) is 49.1 Å². The number of benzene rings is 2. The van der Waals surface area contributed by atoms with Gasteiger partial charge in [0.1, 0.15) is 5.82 Å². The summed E-state index contributed by atoms with van der Waals surface area (Å²) in [4.78, 5) is 40.3. The Morgan fingerprint density at radius 1 is 1.03 bits per heavy atom. The minimum Gasteiger partial charge on any atom is -0.351 e. The van der Waals surface area contributed by atoms with Crippen molar-refractivity contribution in [3.8, 4) is 0 Å². The maximum atomic E-state index is 14.2. The van der Waals surface area contributed by atoms with Crippen LogP contribution in [0, 0.1) is 22.9 Å². The number of halogens is 1. The van der Waals surface area contributed by atoms with E-state index in [0.717, 1.165) is 11.8 Å². The molecular formula is C22H19FN4O5S. The van der Waals surface area contributed by atoms with Gasteiger partial charge in [0.2, 0.25) is 5.76 Å². The minimum atomic E-state index is -0.579. The summed E-state index contributed by atoms with van der Waals surface area (Å²) < 4.78 is 19.2. The first kappa shape index (κ1) is 22.5. The molecule has 170 valence electrons. The lowest BCUT2D eigenvalue weighted by molar-refractivity contribution is -0.384. The Labute approximate surface area is 192 Å². The van der Waals surface area contributed by atoms with Gasteiger partial charge in [-0.2, -0.15) is 0 Å². The monoisotopic (exact) mass is 470 g/mol. The lowest BCUT2D eigenvalue weighted by Crippen LogP contribution is -2.50. The van der Waals surface area contributed by atoms with E-state index in [2.05, 4.69) is 5.16 Å². The van der Waals surface area contributed by atoms with Crippen LogP contribution >= 0.6 is 11.8 Å². The second kappa shape index (κ2) is 9.41. The molecule has 1 aliphatic rings. The smallest absolute Gasteiger partial charge is 0.292 e. The normalized spacial score (nSPS) is 13.8. The molecule has 33 heavy (non-hydrogen) atoms. The first-order chi connectivity index (χ1) is 15.8. The van der Waals surface area contributed by atoms with Gasteiger partial charge in [0, 0.05) is 54.2 Å². The third-order valence-electron chi connectivity index (χ3n) is 5.15. The van der Waals surface area contributed by atoms with Gasteiger partial charge in [0.25, 0.3) is 17.5 Å². The second-order valence-corrected chi connectivity index (χ2v) is 8.47. The molecule has 2 aromatic carbocycles. The predicted molar refractivity (Wildman–Crippen MR) is 117 cm³/mol. The molecule has 0 aliphatic carbocycles. The number of hydrogen-bond donors (Lipinski definition) is 0. The zero-order valence-electron chi connectivity index (χ0n) is 17.6. The zero-order valence-corrected chi connectivity index (χ0v) is 18.4. The number of hydrogen-bond acceptors (Lipinski definition) is 7. The summed E-state index contributed by atoms with van der Waals surface area (Å²) in [5, 5.41) is 15.0. The van der Waals surface area contributed by atoms with Crippen molar-refractivity contribution in [1.82, 2.24) is 15.0 Å². The number of carbonyl (C=O) groups is 2. The Hall–Kier alpha value is -3.73. The fourth-order valence-corrected chi connectivity index (χ4v) is 4.38. The summed E-state index contributed by atoms with van der Waals surface area (Å²) in [5.74, 6) is -1.04. The molecule has 0 unspecified atom stereocenters. The number of non-ortho nitro benzene ring substituents is 1. The van der Waals surface area contributed by atoms with E-state index in [1.54, 1.807) is 36.1 Å². The standard InChI is InChI=1S/C22H19FN4O5S/c1-14-12-18(32-24-14)22(29)26-10-8-25(9-11-26)21(28)16-13-15(27(30)31)6-7-19(16)33-20-5-3-2-4-17(20)23/h2-7,12-13H,8-11H2,1H3. The van der Waals surface area contributed by atoms with Crippen molar-refractivity contribution in [2.75, 3.05) is 26.2 Å². The molecule has 9 nitrogen and oxygen atoms in total. The van der Waals surface area contributed by atoms with Gasteiger partial charge in [0.05, 0.1) is 16.2 Å². The van der Waals surface area contributed by atoms with Crippen molar-refractivity contribution in [3.05, 3.63) is 81.5 Å². The van der Waals surface area contributed by atoms with Crippen molar-refractivity contribution in [1.29, 1.82) is 0 Å². The van der Waals surface area contributed by atoms with Gasteiger partial charge in [-0.05, 0) is 25.1 Å². The highest BCUT2D eigenvalue weighted by molar-refractivity contribution is 7.99. The number of nitrogens with zero attached hydrogens (tertiary/aromatic N) is 4. The molecule has 2 heterocycles. The van der Waals surface area contributed by atoms with Crippen molar-refractivity contribution in [2.24, 2.45) is 0 Å². The highest BCUT2D eigenvalue weighted by atomic mass is 32.2. The number of nitro benzene ring substituents is 1. The van der Waals surface area contributed by atoms with E-state index in [1.807, 2.05) is 0 Å². The van der Waals surface area contributed by atoms with Crippen LogP contribution in [-0.2, 0) is 0 Å². The summed E-state index contributed by atoms with van der Waals surface area (Å²) in [6, 6.07) is 11.6. The van der Waals surface area contributed by atoms with Gasteiger partial charge >= 0.3 is 0 Å². The maximum absolute atomic E-state index is 14.2. The molecular weight excluding hydrogens is 451 g/mol. The minimum absolute atomic E-state index is 0.114. The molecule has 1 aliphatic heterocycles. The van der Waals surface area contributed by atoms with Gasteiger partial charge in [0.15, 0.2) is 0 Å². The van der Waals surface area contributed by atoms with Crippen LogP contribution in [0.25, 0.3) is 0 Å². The lowest BCUT2D eigenvalue weighted by Gasteiger charge is -2.34. The van der Waals surface area contributed by atoms with E-state index in [1.165, 1.54) is 29.2 Å². The first-order valence-electron chi connectivity index (χ1n) is 10.1. The molecule has 1 saturated heterocycles. The SMILES string of the molecule is Cc1cc(C(=O)N2CCN(C(=O)c3cc([N+](=O)[O-])ccc3Sc3ccccc3F)CC2)on1. The Morgan fingerprint density at radius 2 is 1.70 bits per heavy atom. The third kappa shape index (κ3) is 4.87. The molecule has 11 heteroatoms. The number of piperazine rings is 1. The van der Waals surface area contributed by atoms with Crippen molar-refractivity contribution < 1.29 is 23.4 Å². The number of aryl methyl sites for hydroxylation is 1. The second-order valence-electron chi connectivity index (χ2n) is 7.39. The van der Waals surface area contributed by atoms with Crippen molar-refractivity contribution in [3.63, 3.8) is 0 Å². The molecule has 0 bridgehead atoms. The van der Waals surface area contributed by atoms with Gasteiger partial charge in [-0.25, -0.2) is 4.39 Å². The van der Waals surface area contributed by atoms with E-state index in [4.69, 9.17) is 4.52 Å². The fraction of sp³-hybridized carbons (Fsp3) is 0.227. The molecule has 1 aromatic heterocycles. The Morgan fingerprint density at radius 3 is 2.30 bits per heavy atom. The molecule has 1 fully saturated rings. The number of amides is 2. The summed E-state index contributed by atoms with van der Waals surface area (Å²) in [7, 11) is 0. The average molecular weight is 470 g/mol. The highest BCUT2D eigenvalue weighted by Crippen LogP contribution is 2.34. The zero-order chi connectivity index (χ0) is 23.5. The topological polar surface area (TPSA) is 110 Å². The van der Waals surface area contributed by atoms with Crippen LogP contribution in [0.1, 0.15) is 26.6 Å². The number of rotatable bonds is 5. The molecule has 0 N–H and O–H groups in total. The first-order valence-corrected chi connectivity index (χ1v) is 10.9. The van der Waals surface area contributed by atoms with Gasteiger partial charge in [-0.1, -0.05) is 29.1 Å². The third-order valence-corrected chi connectivity index (χ3v) is 6.28. The highest BCUT2D eigenvalue weighted by Gasteiger charge is 2.29. The van der Waals surface area contributed by atoms with E-state index in [9.17, 15) is 24.1 Å². The predicted octanol–water partition coefficient (Wildman–Crippen LogP) is 3.78. The van der Waals surface area contributed by atoms with E-state index < -0.39 is 16.6 Å². The molecule has 4 rings (SSSR count). The average Bonchev–Trinajstić information content (AvgIpc) is 3.26. The number of nitro groups is 1. The van der Waals surface area contributed by atoms with Gasteiger partial charge in [-0.3, -0.25) is 19.7 Å². The molecule has 2 amide bonds. The van der Waals surface area contributed by atoms with Crippen LogP contribution in [0.5, 0.6) is 0 Å². The van der Waals surface area contributed by atoms with Crippen LogP contribution in [0.3, 0.4) is 0 Å². The number of aromatic nitrogens is 1. The summed E-state index contributed by atoms with van der Waals surface area (Å²) in [6.07, 6.45) is 0. The summed E-state index contributed by atoms with van der Waals surface area (Å²) >= 11 is 1.03. The summed E-state index contributed by atoms with van der Waals surface area (Å²) in [6.45, 7) is 2.74. The Balaban J connectivity index is 1.53. The largest absolute Gasteiger partial charge is 0.351 e. The molecule has 0 saturated carbocycles. The quantitative estimate of drug-likeness (QED) is 0.412. The Bertz CT molecular complexity index is 1220. The lowest BCUT2D eigenvalue weighted by atomic mass is 10.1. The summed E-state index contributed by atoms with van der Waals surface area (Å²) in [5.41, 5.74) is 0.478. The van der Waals surface area contributed by atoms with Crippen LogP contribution < -0.4 is 0 Å². The van der Waals surface area contributed by atoms with Crippen LogP contribution in [0.2, 0.25) is 0 Å². The fourth-order valence-electron chi connectivity index (χ4n) is 3.44. The molecule has 0 spiro atoms. The van der Waals surface area contributed by atoms with Gasteiger partial charge in [-0.15, -0.1) is 0 Å². The maximum Gasteiger partial charge on any atom is 0.292 e. The number of carbonyl (C=O) groups excluding carboxylic acids is 2. The van der Waals surface area contributed by atoms with E-state index >= 15 is 0 Å².